The van der Waals surface area contributed by atoms with Crippen molar-refractivity contribution >= 4 is 10.9 Å². The number of fused-ring (bicyclic) bond motifs is 1. The molecule has 4 rings (SSSR count). The van der Waals surface area contributed by atoms with Gasteiger partial charge in [0.15, 0.2) is 0 Å². The van der Waals surface area contributed by atoms with Crippen molar-refractivity contribution in [3.63, 3.8) is 0 Å². The first kappa shape index (κ1) is 17.1. The molecule has 1 aliphatic rings. The van der Waals surface area contributed by atoms with E-state index in [4.69, 9.17) is 9.97 Å². The van der Waals surface area contributed by atoms with E-state index in [1.165, 1.54) is 42.4 Å². The fourth-order valence-corrected chi connectivity index (χ4v) is 4.03. The Balaban J connectivity index is 1.59. The molecule has 0 unspecified atom stereocenters. The lowest BCUT2D eigenvalue weighted by Gasteiger charge is -2.31. The van der Waals surface area contributed by atoms with E-state index < -0.39 is 0 Å². The molecule has 134 valence electrons. The first-order valence-electron chi connectivity index (χ1n) is 9.46. The number of benzene rings is 1. The number of aromatic nitrogens is 3. The molecule has 2 heterocycles. The standard InChI is InChI=1S/C22H26N4/c1-15-10-11-23-14-20(15)17-6-9-21-18(12-17)13-24-22(25-21)16-4-7-19(8-5-16)26(2)3/h6,9-14,16,19H,4-5,7-8H2,1-3H3. The average molecular weight is 346 g/mol. The minimum Gasteiger partial charge on any atom is -0.306 e. The van der Waals surface area contributed by atoms with Crippen LogP contribution in [0, 0.1) is 6.92 Å². The first-order chi connectivity index (χ1) is 12.6. The van der Waals surface area contributed by atoms with Gasteiger partial charge in [-0.1, -0.05) is 6.07 Å². The van der Waals surface area contributed by atoms with Gasteiger partial charge in [0.1, 0.15) is 5.82 Å². The SMILES string of the molecule is Cc1ccncc1-c1ccc2nc(C3CCC(N(C)C)CC3)ncc2c1. The maximum Gasteiger partial charge on any atom is 0.132 e. The second-order valence-electron chi connectivity index (χ2n) is 7.66. The molecule has 0 atom stereocenters. The third-order valence-corrected chi connectivity index (χ3v) is 5.74. The van der Waals surface area contributed by atoms with E-state index in [0.717, 1.165) is 16.7 Å². The summed E-state index contributed by atoms with van der Waals surface area (Å²) in [5.41, 5.74) is 4.61. The Hall–Kier alpha value is -2.33. The second-order valence-corrected chi connectivity index (χ2v) is 7.66. The first-order valence-corrected chi connectivity index (χ1v) is 9.46. The number of nitrogens with zero attached hydrogens (tertiary/aromatic N) is 4. The van der Waals surface area contributed by atoms with Crippen LogP contribution in [-0.2, 0) is 0 Å². The van der Waals surface area contributed by atoms with Gasteiger partial charge in [-0.3, -0.25) is 4.98 Å². The monoisotopic (exact) mass is 346 g/mol. The fraction of sp³-hybridized carbons (Fsp3) is 0.409. The normalized spacial score (nSPS) is 20.6. The fourth-order valence-electron chi connectivity index (χ4n) is 4.03. The van der Waals surface area contributed by atoms with Crippen molar-refractivity contribution in [3.05, 3.63) is 54.2 Å². The van der Waals surface area contributed by atoms with E-state index >= 15 is 0 Å². The Kier molecular flexibility index (Phi) is 4.68. The summed E-state index contributed by atoms with van der Waals surface area (Å²) >= 11 is 0. The molecule has 0 bridgehead atoms. The number of hydrogen-bond acceptors (Lipinski definition) is 4. The molecule has 4 nitrogen and oxygen atoms in total. The van der Waals surface area contributed by atoms with Crippen molar-refractivity contribution < 1.29 is 0 Å². The molecule has 0 aliphatic heterocycles. The van der Waals surface area contributed by atoms with Crippen molar-refractivity contribution in [1.82, 2.24) is 19.9 Å². The Bertz CT molecular complexity index is 911. The zero-order valence-electron chi connectivity index (χ0n) is 15.8. The average Bonchev–Trinajstić information content (AvgIpc) is 2.67. The van der Waals surface area contributed by atoms with Crippen LogP contribution in [0.4, 0.5) is 0 Å². The summed E-state index contributed by atoms with van der Waals surface area (Å²) < 4.78 is 0. The molecule has 1 saturated carbocycles. The van der Waals surface area contributed by atoms with E-state index in [9.17, 15) is 0 Å². The molecule has 3 aromatic rings. The highest BCUT2D eigenvalue weighted by Crippen LogP contribution is 2.33. The molecule has 1 fully saturated rings. The number of pyridine rings is 1. The smallest absolute Gasteiger partial charge is 0.132 e. The molecule has 0 N–H and O–H groups in total. The Morgan fingerprint density at radius 1 is 1.00 bits per heavy atom. The largest absolute Gasteiger partial charge is 0.306 e. The number of rotatable bonds is 3. The van der Waals surface area contributed by atoms with Crippen LogP contribution in [0.3, 0.4) is 0 Å². The number of hydrogen-bond donors (Lipinski definition) is 0. The summed E-state index contributed by atoms with van der Waals surface area (Å²) in [6, 6.07) is 9.19. The third kappa shape index (κ3) is 3.34. The minimum atomic E-state index is 0.496. The van der Waals surface area contributed by atoms with Gasteiger partial charge in [-0.25, -0.2) is 9.97 Å². The molecule has 26 heavy (non-hydrogen) atoms. The van der Waals surface area contributed by atoms with Crippen LogP contribution in [0.2, 0.25) is 0 Å². The minimum absolute atomic E-state index is 0.496. The van der Waals surface area contributed by atoms with E-state index in [0.29, 0.717) is 12.0 Å². The Morgan fingerprint density at radius 2 is 1.81 bits per heavy atom. The van der Waals surface area contributed by atoms with Gasteiger partial charge >= 0.3 is 0 Å². The molecular formula is C22H26N4. The quantitative estimate of drug-likeness (QED) is 0.696. The van der Waals surface area contributed by atoms with E-state index in [-0.39, 0.29) is 0 Å². The van der Waals surface area contributed by atoms with Crippen molar-refractivity contribution in [3.8, 4) is 11.1 Å². The highest BCUT2D eigenvalue weighted by Gasteiger charge is 2.25. The molecule has 2 aromatic heterocycles. The molecule has 4 heteroatoms. The second kappa shape index (κ2) is 7.12. The van der Waals surface area contributed by atoms with Crippen molar-refractivity contribution in [1.29, 1.82) is 0 Å². The molecule has 1 aromatic carbocycles. The van der Waals surface area contributed by atoms with E-state index in [1.54, 1.807) is 0 Å². The Labute approximate surface area is 155 Å². The molecular weight excluding hydrogens is 320 g/mol. The zero-order valence-corrected chi connectivity index (χ0v) is 15.8. The molecule has 0 radical (unpaired) electrons. The molecule has 1 aliphatic carbocycles. The van der Waals surface area contributed by atoms with Gasteiger partial charge in [0.2, 0.25) is 0 Å². The summed E-state index contributed by atoms with van der Waals surface area (Å²) in [6.07, 6.45) is 10.6. The van der Waals surface area contributed by atoms with Gasteiger partial charge in [0.25, 0.3) is 0 Å². The number of aryl methyl sites for hydroxylation is 1. The summed E-state index contributed by atoms with van der Waals surface area (Å²) in [5.74, 6) is 1.51. The molecule has 0 amide bonds. The lowest BCUT2D eigenvalue weighted by atomic mass is 9.85. The van der Waals surface area contributed by atoms with Crippen LogP contribution in [0.15, 0.2) is 42.9 Å². The van der Waals surface area contributed by atoms with Crippen LogP contribution >= 0.6 is 0 Å². The van der Waals surface area contributed by atoms with E-state index in [1.807, 2.05) is 24.7 Å². The molecule has 0 saturated heterocycles. The van der Waals surface area contributed by atoms with Crippen LogP contribution in [-0.4, -0.2) is 40.0 Å². The van der Waals surface area contributed by atoms with Crippen LogP contribution in [0.5, 0.6) is 0 Å². The predicted octanol–water partition coefficient (Wildman–Crippen LogP) is 4.59. The maximum atomic E-state index is 4.89. The highest BCUT2D eigenvalue weighted by molar-refractivity contribution is 5.84. The zero-order chi connectivity index (χ0) is 18.1. The Morgan fingerprint density at radius 3 is 2.54 bits per heavy atom. The van der Waals surface area contributed by atoms with Crippen molar-refractivity contribution in [2.75, 3.05) is 14.1 Å². The summed E-state index contributed by atoms with van der Waals surface area (Å²) in [5, 5.41) is 1.09. The van der Waals surface area contributed by atoms with Gasteiger partial charge in [0.05, 0.1) is 5.52 Å². The lowest BCUT2D eigenvalue weighted by molar-refractivity contribution is 0.214. The summed E-state index contributed by atoms with van der Waals surface area (Å²) in [4.78, 5) is 16.2. The molecule has 0 spiro atoms. The van der Waals surface area contributed by atoms with Gasteiger partial charge < -0.3 is 4.90 Å². The maximum absolute atomic E-state index is 4.89. The lowest BCUT2D eigenvalue weighted by Crippen LogP contribution is -2.31. The van der Waals surface area contributed by atoms with Crippen LogP contribution in [0.1, 0.15) is 43.0 Å². The van der Waals surface area contributed by atoms with Gasteiger partial charge in [-0.2, -0.15) is 0 Å². The topological polar surface area (TPSA) is 41.9 Å². The summed E-state index contributed by atoms with van der Waals surface area (Å²) in [7, 11) is 4.36. The predicted molar refractivity (Wildman–Crippen MR) is 106 cm³/mol. The van der Waals surface area contributed by atoms with Gasteiger partial charge in [0, 0.05) is 41.5 Å². The highest BCUT2D eigenvalue weighted by atomic mass is 15.1. The van der Waals surface area contributed by atoms with Crippen molar-refractivity contribution in [2.45, 2.75) is 44.6 Å². The van der Waals surface area contributed by atoms with Gasteiger partial charge in [-0.05, 0) is 76.0 Å². The van der Waals surface area contributed by atoms with Crippen LogP contribution < -0.4 is 0 Å². The van der Waals surface area contributed by atoms with Gasteiger partial charge in [-0.15, -0.1) is 0 Å². The van der Waals surface area contributed by atoms with Crippen LogP contribution in [0.25, 0.3) is 22.0 Å². The summed E-state index contributed by atoms with van der Waals surface area (Å²) in [6.45, 7) is 2.12. The third-order valence-electron chi connectivity index (χ3n) is 5.74. The van der Waals surface area contributed by atoms with E-state index in [2.05, 4.69) is 49.1 Å². The van der Waals surface area contributed by atoms with Crippen molar-refractivity contribution in [2.24, 2.45) is 0 Å².